The molecule has 2 aliphatic heterocycles. The Morgan fingerprint density at radius 2 is 1.72 bits per heavy atom. The molecule has 0 aromatic heterocycles. The number of likely N-dealkylation sites (tertiary alicyclic amines) is 2. The summed E-state index contributed by atoms with van der Waals surface area (Å²) in [4.78, 5) is 36.5. The molecule has 0 spiro atoms. The third-order valence-corrected chi connectivity index (χ3v) is 4.82. The number of carboxylic acids is 1. The Balaban J connectivity index is 0.000000516. The number of hydrogen-bond donors (Lipinski definition) is 3. The number of alkyl halides is 3. The number of rotatable bonds is 5. The smallest absolute Gasteiger partial charge is 0.475 e. The second-order valence-electron chi connectivity index (χ2n) is 6.83. The van der Waals surface area contributed by atoms with Crippen molar-refractivity contribution in [2.24, 2.45) is 5.73 Å². The van der Waals surface area contributed by atoms with Crippen molar-refractivity contribution in [3.05, 3.63) is 0 Å². The maximum atomic E-state index is 12.3. The first kappa shape index (κ1) is 24.6. The molecule has 2 fully saturated rings. The molecule has 164 valence electrons. The molecule has 2 aliphatic rings. The number of amides is 2. The van der Waals surface area contributed by atoms with Crippen molar-refractivity contribution < 1.29 is 37.8 Å². The van der Waals surface area contributed by atoms with Gasteiger partial charge in [-0.25, -0.2) is 4.79 Å². The Morgan fingerprint density at radius 3 is 2.24 bits per heavy atom. The highest BCUT2D eigenvalue weighted by molar-refractivity contribution is 5.84. The second kappa shape index (κ2) is 11.0. The molecule has 0 aliphatic carbocycles. The van der Waals surface area contributed by atoms with Crippen LogP contribution in [0.15, 0.2) is 0 Å². The Kier molecular flexibility index (Phi) is 9.32. The minimum absolute atomic E-state index is 0.0195. The van der Waals surface area contributed by atoms with Gasteiger partial charge in [-0.3, -0.25) is 9.59 Å². The number of nitriles is 1. The molecule has 12 heteroatoms. The molecule has 0 aromatic carbocycles. The quantitative estimate of drug-likeness (QED) is 0.574. The fraction of sp³-hybridized carbons (Fsp3) is 0.765. The minimum Gasteiger partial charge on any atom is -0.475 e. The van der Waals surface area contributed by atoms with E-state index in [1.165, 1.54) is 4.90 Å². The molecule has 2 saturated heterocycles. The van der Waals surface area contributed by atoms with Crippen LogP contribution in [0.25, 0.3) is 0 Å². The summed E-state index contributed by atoms with van der Waals surface area (Å²) in [6, 6.07) is 0.898. The number of carboxylic acid groups (broad SMARTS) is 1. The Hall–Kier alpha value is -2.39. The Morgan fingerprint density at radius 1 is 1.17 bits per heavy atom. The van der Waals surface area contributed by atoms with Crippen LogP contribution < -0.4 is 5.73 Å². The third-order valence-electron chi connectivity index (χ3n) is 4.82. The van der Waals surface area contributed by atoms with Crippen LogP contribution in [0.2, 0.25) is 0 Å². The zero-order valence-corrected chi connectivity index (χ0v) is 15.8. The van der Waals surface area contributed by atoms with Crippen LogP contribution in [-0.4, -0.2) is 81.8 Å². The van der Waals surface area contributed by atoms with Crippen LogP contribution >= 0.6 is 0 Å². The average Bonchev–Trinajstić information content (AvgIpc) is 3.33. The van der Waals surface area contributed by atoms with E-state index in [4.69, 9.17) is 20.9 Å². The van der Waals surface area contributed by atoms with Gasteiger partial charge in [0.2, 0.25) is 11.8 Å². The highest BCUT2D eigenvalue weighted by Gasteiger charge is 2.38. The van der Waals surface area contributed by atoms with Gasteiger partial charge >= 0.3 is 12.1 Å². The average molecular weight is 422 g/mol. The SMILES string of the molecule is N#C[C@@H]1CCCN1C(=O)C(N)CCC(=O)N1CCC[C@H]1CO.O=C(O)C(F)(F)F. The predicted molar refractivity (Wildman–Crippen MR) is 93.1 cm³/mol. The molecule has 2 heterocycles. The topological polar surface area (TPSA) is 148 Å². The molecule has 3 atom stereocenters. The molecule has 4 N–H and O–H groups in total. The van der Waals surface area contributed by atoms with E-state index in [1.807, 2.05) is 0 Å². The summed E-state index contributed by atoms with van der Waals surface area (Å²) in [5.74, 6) is -3.05. The van der Waals surface area contributed by atoms with Gasteiger partial charge in [-0.15, -0.1) is 0 Å². The Labute approximate surface area is 165 Å². The van der Waals surface area contributed by atoms with E-state index >= 15 is 0 Å². The van der Waals surface area contributed by atoms with Crippen LogP contribution in [-0.2, 0) is 14.4 Å². The third kappa shape index (κ3) is 7.17. The van der Waals surface area contributed by atoms with E-state index < -0.39 is 18.2 Å². The van der Waals surface area contributed by atoms with Gasteiger partial charge in [0, 0.05) is 19.5 Å². The fourth-order valence-electron chi connectivity index (χ4n) is 3.28. The predicted octanol–water partition coefficient (Wildman–Crippen LogP) is 0.225. The molecule has 1 unspecified atom stereocenters. The van der Waals surface area contributed by atoms with Gasteiger partial charge < -0.3 is 25.7 Å². The number of halogens is 3. The lowest BCUT2D eigenvalue weighted by molar-refractivity contribution is -0.192. The van der Waals surface area contributed by atoms with Gasteiger partial charge in [0.25, 0.3) is 0 Å². The number of aliphatic carboxylic acids is 1. The van der Waals surface area contributed by atoms with E-state index in [0.29, 0.717) is 19.5 Å². The highest BCUT2D eigenvalue weighted by Crippen LogP contribution is 2.20. The number of carbonyl (C=O) groups is 3. The van der Waals surface area contributed by atoms with Crippen molar-refractivity contribution in [1.29, 1.82) is 5.26 Å². The summed E-state index contributed by atoms with van der Waals surface area (Å²) in [7, 11) is 0. The molecule has 0 bridgehead atoms. The van der Waals surface area contributed by atoms with Crippen LogP contribution in [0, 0.1) is 11.3 Å². The van der Waals surface area contributed by atoms with Crippen molar-refractivity contribution >= 4 is 17.8 Å². The number of hydrogen-bond acceptors (Lipinski definition) is 6. The van der Waals surface area contributed by atoms with Crippen LogP contribution in [0.5, 0.6) is 0 Å². The highest BCUT2D eigenvalue weighted by atomic mass is 19.4. The molecule has 0 saturated carbocycles. The number of aliphatic hydroxyl groups excluding tert-OH is 1. The number of nitrogens with zero attached hydrogens (tertiary/aromatic N) is 3. The van der Waals surface area contributed by atoms with Crippen LogP contribution in [0.3, 0.4) is 0 Å². The van der Waals surface area contributed by atoms with Crippen molar-refractivity contribution in [3.63, 3.8) is 0 Å². The molecule has 0 aromatic rings. The summed E-state index contributed by atoms with van der Waals surface area (Å²) < 4.78 is 31.7. The summed E-state index contributed by atoms with van der Waals surface area (Å²) in [5, 5.41) is 25.4. The standard InChI is InChI=1S/C15H24N4O3.C2HF3O2/c16-9-11-3-1-8-19(11)15(22)13(17)5-6-14(21)18-7-2-4-12(18)10-20;3-2(4,5)1(6)7/h11-13,20H,1-8,10,17H2;(H,6,7)/t11-,12-,13?;/m0./s1. The van der Waals surface area contributed by atoms with Crippen LogP contribution in [0.4, 0.5) is 13.2 Å². The summed E-state index contributed by atoms with van der Waals surface area (Å²) in [5.41, 5.74) is 5.91. The number of nitrogens with two attached hydrogens (primary N) is 1. The molecule has 0 radical (unpaired) electrons. The summed E-state index contributed by atoms with van der Waals surface area (Å²) in [6.07, 6.45) is -1.36. The van der Waals surface area contributed by atoms with Crippen LogP contribution in [0.1, 0.15) is 38.5 Å². The first-order valence-corrected chi connectivity index (χ1v) is 9.19. The van der Waals surface area contributed by atoms with Gasteiger partial charge in [0.1, 0.15) is 6.04 Å². The van der Waals surface area contributed by atoms with Gasteiger partial charge in [-0.2, -0.15) is 18.4 Å². The molecule has 29 heavy (non-hydrogen) atoms. The lowest BCUT2D eigenvalue weighted by Crippen LogP contribution is -2.46. The molecule has 2 amide bonds. The number of carbonyl (C=O) groups excluding carboxylic acids is 2. The van der Waals surface area contributed by atoms with Gasteiger partial charge in [0.05, 0.1) is 24.8 Å². The minimum atomic E-state index is -5.08. The maximum Gasteiger partial charge on any atom is 0.490 e. The van der Waals surface area contributed by atoms with E-state index in [0.717, 1.165) is 19.3 Å². The van der Waals surface area contributed by atoms with Crippen molar-refractivity contribution in [1.82, 2.24) is 9.80 Å². The zero-order valence-electron chi connectivity index (χ0n) is 15.8. The summed E-state index contributed by atoms with van der Waals surface area (Å²) >= 11 is 0. The van der Waals surface area contributed by atoms with Gasteiger partial charge in [-0.1, -0.05) is 0 Å². The molecular weight excluding hydrogens is 397 g/mol. The Bertz CT molecular complexity index is 638. The molecular formula is C17H25F3N4O5. The lowest BCUT2D eigenvalue weighted by atomic mass is 10.1. The van der Waals surface area contributed by atoms with Crippen molar-refractivity contribution in [3.8, 4) is 6.07 Å². The van der Waals surface area contributed by atoms with Crippen molar-refractivity contribution in [2.45, 2.75) is 62.8 Å². The van der Waals surface area contributed by atoms with Crippen molar-refractivity contribution in [2.75, 3.05) is 19.7 Å². The zero-order chi connectivity index (χ0) is 22.2. The van der Waals surface area contributed by atoms with E-state index in [-0.39, 0.29) is 43.3 Å². The van der Waals surface area contributed by atoms with E-state index in [9.17, 15) is 27.9 Å². The number of aliphatic hydroxyl groups is 1. The van der Waals surface area contributed by atoms with Gasteiger partial charge in [0.15, 0.2) is 0 Å². The van der Waals surface area contributed by atoms with Gasteiger partial charge in [-0.05, 0) is 32.1 Å². The first-order chi connectivity index (χ1) is 13.5. The summed E-state index contributed by atoms with van der Waals surface area (Å²) in [6.45, 7) is 1.21. The first-order valence-electron chi connectivity index (χ1n) is 9.19. The second-order valence-corrected chi connectivity index (χ2v) is 6.83. The monoisotopic (exact) mass is 422 g/mol. The molecule has 2 rings (SSSR count). The lowest BCUT2D eigenvalue weighted by Gasteiger charge is -2.25. The fourth-order valence-corrected chi connectivity index (χ4v) is 3.28. The molecule has 9 nitrogen and oxygen atoms in total. The normalized spacial score (nSPS) is 22.5. The van der Waals surface area contributed by atoms with E-state index in [2.05, 4.69) is 6.07 Å². The van der Waals surface area contributed by atoms with E-state index in [1.54, 1.807) is 4.90 Å². The maximum absolute atomic E-state index is 12.3. The largest absolute Gasteiger partial charge is 0.490 e.